The minimum Gasteiger partial charge on any atom is -0.504 e. The summed E-state index contributed by atoms with van der Waals surface area (Å²) in [6.07, 6.45) is 0. The summed E-state index contributed by atoms with van der Waals surface area (Å²) in [4.78, 5) is 39.0. The van der Waals surface area contributed by atoms with Crippen LogP contribution in [0.5, 0.6) is 11.5 Å². The summed E-state index contributed by atoms with van der Waals surface area (Å²) in [5.74, 6) is -1.83. The average molecular weight is 395 g/mol. The fourth-order valence-electron chi connectivity index (χ4n) is 3.56. The fraction of sp³-hybridized carbons (Fsp3) is 0.150. The van der Waals surface area contributed by atoms with E-state index in [2.05, 4.69) is 0 Å². The number of fused-ring (bicyclic) bond motifs is 2. The first-order valence-electron chi connectivity index (χ1n) is 8.82. The van der Waals surface area contributed by atoms with Crippen molar-refractivity contribution in [3.8, 4) is 11.5 Å². The molecule has 1 aromatic heterocycles. The van der Waals surface area contributed by atoms with E-state index in [-0.39, 0.29) is 40.1 Å². The Morgan fingerprint density at radius 1 is 1.07 bits per heavy atom. The van der Waals surface area contributed by atoms with Gasteiger partial charge in [0, 0.05) is 0 Å². The highest BCUT2D eigenvalue weighted by atomic mass is 16.5. The minimum absolute atomic E-state index is 0.0608. The highest BCUT2D eigenvalue weighted by Gasteiger charge is 2.39. The lowest BCUT2D eigenvalue weighted by Crippen LogP contribution is -2.38. The van der Waals surface area contributed by atoms with Crippen LogP contribution in [-0.4, -0.2) is 32.2 Å². The number of carbonyl (C=O) groups excluding carboxylic acids is 1. The predicted molar refractivity (Wildman–Crippen MR) is 104 cm³/mol. The molecule has 0 fully saturated rings. The Bertz CT molecular complexity index is 1320. The lowest BCUT2D eigenvalue weighted by Gasteiger charge is -2.18. The van der Waals surface area contributed by atoms with Crippen LogP contribution in [0.4, 0.5) is 0 Å². The van der Waals surface area contributed by atoms with Crippen LogP contribution < -0.4 is 16.9 Å². The molecule has 148 valence electrons. The number of hydrogen-bond donors (Lipinski definition) is 3. The van der Waals surface area contributed by atoms with Gasteiger partial charge in [0.15, 0.2) is 11.5 Å². The monoisotopic (exact) mass is 395 g/mol. The molecule has 3 aromatic rings. The van der Waals surface area contributed by atoms with Crippen LogP contribution in [0.25, 0.3) is 16.6 Å². The van der Waals surface area contributed by atoms with E-state index in [9.17, 15) is 24.6 Å². The molecule has 1 aliphatic rings. The van der Waals surface area contributed by atoms with Crippen molar-refractivity contribution in [1.29, 1.82) is 0 Å². The second-order valence-electron chi connectivity index (χ2n) is 6.48. The number of aromatic nitrogens is 2. The molecule has 4 rings (SSSR count). The molecule has 0 spiro atoms. The molecule has 0 saturated heterocycles. The van der Waals surface area contributed by atoms with Gasteiger partial charge in [-0.3, -0.25) is 9.59 Å². The Morgan fingerprint density at radius 2 is 1.72 bits per heavy atom. The van der Waals surface area contributed by atoms with Crippen molar-refractivity contribution in [2.75, 3.05) is 6.61 Å². The zero-order valence-corrected chi connectivity index (χ0v) is 15.3. The quantitative estimate of drug-likeness (QED) is 0.442. The summed E-state index contributed by atoms with van der Waals surface area (Å²) in [6.45, 7) is 1.68. The van der Waals surface area contributed by atoms with Gasteiger partial charge < -0.3 is 20.7 Å². The molecule has 0 radical (unpaired) electrons. The third kappa shape index (κ3) is 2.59. The Hall–Kier alpha value is -4.01. The number of phenols is 2. The van der Waals surface area contributed by atoms with Crippen LogP contribution in [0, 0.1) is 0 Å². The van der Waals surface area contributed by atoms with Crippen LogP contribution in [0.2, 0.25) is 0 Å². The second-order valence-corrected chi connectivity index (χ2v) is 6.48. The van der Waals surface area contributed by atoms with E-state index >= 15 is 0 Å². The third-order valence-electron chi connectivity index (χ3n) is 4.84. The van der Waals surface area contributed by atoms with Gasteiger partial charge in [0.1, 0.15) is 17.4 Å². The van der Waals surface area contributed by atoms with Crippen molar-refractivity contribution in [2.45, 2.75) is 13.0 Å². The highest BCUT2D eigenvalue weighted by molar-refractivity contribution is 5.97. The summed E-state index contributed by atoms with van der Waals surface area (Å²) in [6, 6.07) is 8.99. The van der Waals surface area contributed by atoms with Gasteiger partial charge in [-0.15, -0.1) is 0 Å². The maximum atomic E-state index is 13.2. The zero-order chi connectivity index (χ0) is 20.9. The van der Waals surface area contributed by atoms with Crippen LogP contribution in [0.1, 0.15) is 18.5 Å². The lowest BCUT2D eigenvalue weighted by molar-refractivity contribution is -0.138. The van der Waals surface area contributed by atoms with Gasteiger partial charge in [-0.25, -0.2) is 9.48 Å². The molecule has 0 aliphatic carbocycles. The Kier molecular flexibility index (Phi) is 4.15. The SMILES string of the molecule is CCOC(=O)C1=C(N)n2c(=O)c3ccccc3c(=O)n2C1c1ccc(O)c(O)c1. The predicted octanol–water partition coefficient (Wildman–Crippen LogP) is 0.868. The molecule has 9 heteroatoms. The van der Waals surface area contributed by atoms with Gasteiger partial charge in [-0.1, -0.05) is 18.2 Å². The minimum atomic E-state index is -1.12. The average Bonchev–Trinajstić information content (AvgIpc) is 3.02. The van der Waals surface area contributed by atoms with Gasteiger partial charge in [-0.2, -0.15) is 4.68 Å². The summed E-state index contributed by atoms with van der Waals surface area (Å²) in [7, 11) is 0. The fourth-order valence-corrected chi connectivity index (χ4v) is 3.56. The van der Waals surface area contributed by atoms with Crippen molar-refractivity contribution in [2.24, 2.45) is 5.73 Å². The van der Waals surface area contributed by atoms with Crippen LogP contribution in [0.3, 0.4) is 0 Å². The summed E-state index contributed by atoms with van der Waals surface area (Å²) >= 11 is 0. The van der Waals surface area contributed by atoms with Gasteiger partial charge in [0.25, 0.3) is 11.1 Å². The van der Waals surface area contributed by atoms with Crippen molar-refractivity contribution >= 4 is 22.6 Å². The van der Waals surface area contributed by atoms with E-state index in [4.69, 9.17) is 10.5 Å². The van der Waals surface area contributed by atoms with E-state index in [0.717, 1.165) is 9.36 Å². The molecular formula is C20H17N3O6. The Morgan fingerprint density at radius 3 is 2.34 bits per heavy atom. The third-order valence-corrected chi connectivity index (χ3v) is 4.84. The number of rotatable bonds is 3. The first kappa shape index (κ1) is 18.4. The summed E-state index contributed by atoms with van der Waals surface area (Å²) in [5, 5.41) is 19.9. The zero-order valence-electron chi connectivity index (χ0n) is 15.3. The van der Waals surface area contributed by atoms with Gasteiger partial charge >= 0.3 is 5.97 Å². The molecule has 1 aliphatic heterocycles. The van der Waals surface area contributed by atoms with Gasteiger partial charge in [0.2, 0.25) is 0 Å². The van der Waals surface area contributed by atoms with E-state index in [1.54, 1.807) is 19.1 Å². The first-order valence-corrected chi connectivity index (χ1v) is 8.82. The number of carbonyl (C=O) groups is 1. The smallest absolute Gasteiger partial charge is 0.340 e. The van der Waals surface area contributed by atoms with E-state index < -0.39 is 28.9 Å². The number of hydrogen-bond acceptors (Lipinski definition) is 7. The molecule has 9 nitrogen and oxygen atoms in total. The summed E-state index contributed by atoms with van der Waals surface area (Å²) < 4.78 is 7.11. The number of benzene rings is 2. The molecule has 2 aromatic carbocycles. The number of esters is 1. The molecule has 0 bridgehead atoms. The molecule has 1 atom stereocenters. The van der Waals surface area contributed by atoms with E-state index in [1.807, 2.05) is 0 Å². The van der Waals surface area contributed by atoms with Crippen LogP contribution >= 0.6 is 0 Å². The second kappa shape index (κ2) is 6.55. The van der Waals surface area contributed by atoms with Gasteiger partial charge in [0.05, 0.1) is 17.4 Å². The largest absolute Gasteiger partial charge is 0.504 e. The lowest BCUT2D eigenvalue weighted by atomic mass is 9.99. The maximum absolute atomic E-state index is 13.2. The summed E-state index contributed by atoms with van der Waals surface area (Å²) in [5.41, 5.74) is 5.21. The van der Waals surface area contributed by atoms with Gasteiger partial charge in [-0.05, 0) is 36.8 Å². The van der Waals surface area contributed by atoms with Crippen molar-refractivity contribution in [1.82, 2.24) is 9.36 Å². The molecule has 0 saturated carbocycles. The number of ether oxygens (including phenoxy) is 1. The van der Waals surface area contributed by atoms with Crippen molar-refractivity contribution < 1.29 is 19.7 Å². The molecule has 29 heavy (non-hydrogen) atoms. The van der Waals surface area contributed by atoms with Crippen LogP contribution in [-0.2, 0) is 9.53 Å². The number of nitrogens with zero attached hydrogens (tertiary/aromatic N) is 2. The Balaban J connectivity index is 2.11. The molecule has 2 heterocycles. The molecule has 1 unspecified atom stereocenters. The molecular weight excluding hydrogens is 378 g/mol. The standard InChI is InChI=1S/C20H17N3O6/c1-2-29-20(28)15-16(10-7-8-13(24)14(25)9-10)22-18(26)11-5-3-4-6-12(11)19(27)23(22)17(15)21/h3-9,16,24-25H,2,21H2,1H3. The van der Waals surface area contributed by atoms with Crippen LogP contribution in [0.15, 0.2) is 57.6 Å². The topological polar surface area (TPSA) is 137 Å². The highest BCUT2D eigenvalue weighted by Crippen LogP contribution is 2.37. The number of nitrogens with two attached hydrogens (primary N) is 1. The Labute approximate surface area is 163 Å². The first-order chi connectivity index (χ1) is 13.9. The molecule has 0 amide bonds. The van der Waals surface area contributed by atoms with E-state index in [1.165, 1.54) is 30.3 Å². The number of aromatic hydroxyl groups is 2. The van der Waals surface area contributed by atoms with Crippen molar-refractivity contribution in [3.63, 3.8) is 0 Å². The maximum Gasteiger partial charge on any atom is 0.340 e. The normalized spacial score (nSPS) is 15.6. The molecule has 4 N–H and O–H groups in total. The van der Waals surface area contributed by atoms with Crippen molar-refractivity contribution in [3.05, 3.63) is 74.3 Å². The number of phenolic OH excluding ortho intramolecular Hbond substituents is 2. The van der Waals surface area contributed by atoms with E-state index in [0.29, 0.717) is 0 Å².